The van der Waals surface area contributed by atoms with Crippen LogP contribution in [0.15, 0.2) is 21.9 Å². The number of rotatable bonds is 5. The summed E-state index contributed by atoms with van der Waals surface area (Å²) in [6.07, 6.45) is 0.954. The molecule has 2 aromatic rings. The molecule has 1 aliphatic rings. The van der Waals surface area contributed by atoms with Crippen LogP contribution >= 0.6 is 23.1 Å². The SMILES string of the molecule is Cc1ccc(-c2nc(CC(=O)NCC3(O)CCSC3)cs2)o1. The van der Waals surface area contributed by atoms with E-state index in [2.05, 4.69) is 10.3 Å². The summed E-state index contributed by atoms with van der Waals surface area (Å²) in [5.74, 6) is 3.09. The molecule has 1 saturated heterocycles. The number of aliphatic hydroxyl groups is 1. The number of nitrogens with zero attached hydrogens (tertiary/aromatic N) is 1. The van der Waals surface area contributed by atoms with Crippen LogP contribution in [-0.2, 0) is 11.2 Å². The molecule has 118 valence electrons. The predicted octanol–water partition coefficient (Wildman–Crippen LogP) is 2.24. The lowest BCUT2D eigenvalue weighted by Crippen LogP contribution is -2.43. The molecule has 0 bridgehead atoms. The van der Waals surface area contributed by atoms with Gasteiger partial charge in [-0.2, -0.15) is 11.8 Å². The first-order valence-corrected chi connectivity index (χ1v) is 9.16. The molecule has 7 heteroatoms. The van der Waals surface area contributed by atoms with Gasteiger partial charge in [0.25, 0.3) is 0 Å². The van der Waals surface area contributed by atoms with E-state index < -0.39 is 5.60 Å². The molecule has 1 unspecified atom stereocenters. The third-order valence-corrected chi connectivity index (χ3v) is 5.68. The Hall–Kier alpha value is -1.31. The first-order valence-electron chi connectivity index (χ1n) is 7.12. The van der Waals surface area contributed by atoms with Gasteiger partial charge in [-0.15, -0.1) is 11.3 Å². The summed E-state index contributed by atoms with van der Waals surface area (Å²) in [5, 5.41) is 15.7. The monoisotopic (exact) mass is 338 g/mol. The third kappa shape index (κ3) is 3.71. The minimum atomic E-state index is -0.751. The molecule has 0 aliphatic carbocycles. The number of carbonyl (C=O) groups is 1. The van der Waals surface area contributed by atoms with Gasteiger partial charge in [0, 0.05) is 17.7 Å². The van der Waals surface area contributed by atoms with Crippen LogP contribution < -0.4 is 5.32 Å². The highest BCUT2D eigenvalue weighted by atomic mass is 32.2. The molecular weight excluding hydrogens is 320 g/mol. The largest absolute Gasteiger partial charge is 0.459 e. The van der Waals surface area contributed by atoms with E-state index in [0.29, 0.717) is 12.3 Å². The highest BCUT2D eigenvalue weighted by molar-refractivity contribution is 7.99. The zero-order valence-corrected chi connectivity index (χ0v) is 13.9. The first-order chi connectivity index (χ1) is 10.5. The zero-order valence-electron chi connectivity index (χ0n) is 12.3. The Balaban J connectivity index is 1.54. The number of hydrogen-bond acceptors (Lipinski definition) is 6. The molecule has 3 heterocycles. The average Bonchev–Trinajstić information content (AvgIpc) is 3.19. The van der Waals surface area contributed by atoms with E-state index in [-0.39, 0.29) is 12.3 Å². The molecule has 2 aromatic heterocycles. The van der Waals surface area contributed by atoms with Gasteiger partial charge in [-0.25, -0.2) is 4.98 Å². The average molecular weight is 338 g/mol. The fraction of sp³-hybridized carbons (Fsp3) is 0.467. The normalized spacial score (nSPS) is 21.2. The molecule has 22 heavy (non-hydrogen) atoms. The summed E-state index contributed by atoms with van der Waals surface area (Å²) >= 11 is 3.18. The number of amides is 1. The lowest BCUT2D eigenvalue weighted by atomic mass is 10.0. The van der Waals surface area contributed by atoms with Crippen LogP contribution in [0, 0.1) is 6.92 Å². The van der Waals surface area contributed by atoms with Crippen molar-refractivity contribution in [2.24, 2.45) is 0 Å². The Labute approximate surface area is 137 Å². The van der Waals surface area contributed by atoms with Crippen molar-refractivity contribution in [3.8, 4) is 10.8 Å². The Morgan fingerprint density at radius 3 is 3.09 bits per heavy atom. The van der Waals surface area contributed by atoms with Crippen LogP contribution in [0.1, 0.15) is 17.9 Å². The van der Waals surface area contributed by atoms with Gasteiger partial charge in [0.1, 0.15) is 5.76 Å². The maximum Gasteiger partial charge on any atom is 0.226 e. The molecule has 0 spiro atoms. The van der Waals surface area contributed by atoms with Crippen molar-refractivity contribution in [1.82, 2.24) is 10.3 Å². The number of thiazole rings is 1. The molecule has 5 nitrogen and oxygen atoms in total. The fourth-order valence-corrected chi connectivity index (χ4v) is 4.35. The standard InChI is InChI=1S/C15H18N2O3S2/c1-10-2-3-12(20-10)14-17-11(7-22-14)6-13(18)16-8-15(19)4-5-21-9-15/h2-3,7,19H,4-6,8-9H2,1H3,(H,16,18). The molecule has 2 N–H and O–H groups in total. The second-order valence-electron chi connectivity index (χ2n) is 5.53. The van der Waals surface area contributed by atoms with Crippen molar-refractivity contribution >= 4 is 29.0 Å². The number of carbonyl (C=O) groups excluding carboxylic acids is 1. The summed E-state index contributed by atoms with van der Waals surface area (Å²) in [6, 6.07) is 3.77. The van der Waals surface area contributed by atoms with E-state index >= 15 is 0 Å². The van der Waals surface area contributed by atoms with E-state index in [4.69, 9.17) is 4.42 Å². The van der Waals surface area contributed by atoms with Crippen molar-refractivity contribution in [2.45, 2.75) is 25.4 Å². The van der Waals surface area contributed by atoms with Crippen molar-refractivity contribution in [2.75, 3.05) is 18.1 Å². The van der Waals surface area contributed by atoms with Crippen molar-refractivity contribution in [3.05, 3.63) is 29.0 Å². The molecule has 1 aliphatic heterocycles. The second kappa shape index (κ2) is 6.44. The van der Waals surface area contributed by atoms with Crippen LogP contribution in [-0.4, -0.2) is 39.6 Å². The van der Waals surface area contributed by atoms with Gasteiger partial charge < -0.3 is 14.8 Å². The number of aryl methyl sites for hydroxylation is 1. The molecule has 0 radical (unpaired) electrons. The van der Waals surface area contributed by atoms with E-state index in [1.807, 2.05) is 24.4 Å². The molecular formula is C15H18N2O3S2. The topological polar surface area (TPSA) is 75.4 Å². The number of nitrogens with one attached hydrogen (secondary N) is 1. The van der Waals surface area contributed by atoms with Gasteiger partial charge in [-0.3, -0.25) is 4.79 Å². The summed E-state index contributed by atoms with van der Waals surface area (Å²) in [5.41, 5.74) is -0.0291. The maximum absolute atomic E-state index is 12.0. The number of hydrogen-bond donors (Lipinski definition) is 2. The van der Waals surface area contributed by atoms with Gasteiger partial charge >= 0.3 is 0 Å². The lowest BCUT2D eigenvalue weighted by Gasteiger charge is -2.21. The highest BCUT2D eigenvalue weighted by Crippen LogP contribution is 2.27. The molecule has 1 fully saturated rings. The Bertz CT molecular complexity index is 659. The number of aromatic nitrogens is 1. The van der Waals surface area contributed by atoms with Crippen molar-refractivity contribution in [3.63, 3.8) is 0 Å². The lowest BCUT2D eigenvalue weighted by molar-refractivity contribution is -0.121. The van der Waals surface area contributed by atoms with E-state index in [1.54, 1.807) is 11.8 Å². The minimum Gasteiger partial charge on any atom is -0.459 e. The molecule has 3 rings (SSSR count). The van der Waals surface area contributed by atoms with Gasteiger partial charge in [0.2, 0.25) is 5.91 Å². The number of furan rings is 1. The first kappa shape index (κ1) is 15.6. The molecule has 1 amide bonds. The zero-order chi connectivity index (χ0) is 15.6. The molecule has 1 atom stereocenters. The van der Waals surface area contributed by atoms with Crippen LogP contribution in [0.4, 0.5) is 0 Å². The predicted molar refractivity (Wildman–Crippen MR) is 88.2 cm³/mol. The van der Waals surface area contributed by atoms with Crippen molar-refractivity contribution < 1.29 is 14.3 Å². The van der Waals surface area contributed by atoms with E-state index in [0.717, 1.165) is 34.4 Å². The number of thioether (sulfide) groups is 1. The van der Waals surface area contributed by atoms with E-state index in [1.165, 1.54) is 11.3 Å². The summed E-state index contributed by atoms with van der Waals surface area (Å²) in [4.78, 5) is 16.4. The quantitative estimate of drug-likeness (QED) is 0.874. The summed E-state index contributed by atoms with van der Waals surface area (Å²) < 4.78 is 5.53. The van der Waals surface area contributed by atoms with Crippen LogP contribution in [0.25, 0.3) is 10.8 Å². The van der Waals surface area contributed by atoms with Crippen LogP contribution in [0.3, 0.4) is 0 Å². The van der Waals surface area contributed by atoms with Gasteiger partial charge in [-0.1, -0.05) is 0 Å². The summed E-state index contributed by atoms with van der Waals surface area (Å²) in [7, 11) is 0. The van der Waals surface area contributed by atoms with Gasteiger partial charge in [-0.05, 0) is 31.2 Å². The van der Waals surface area contributed by atoms with Crippen LogP contribution in [0.5, 0.6) is 0 Å². The summed E-state index contributed by atoms with van der Waals surface area (Å²) in [6.45, 7) is 2.20. The smallest absolute Gasteiger partial charge is 0.226 e. The molecule has 0 saturated carbocycles. The van der Waals surface area contributed by atoms with Gasteiger partial charge in [0.05, 0.1) is 17.7 Å². The Kier molecular flexibility index (Phi) is 4.56. The minimum absolute atomic E-state index is 0.113. The maximum atomic E-state index is 12.0. The van der Waals surface area contributed by atoms with E-state index in [9.17, 15) is 9.90 Å². The fourth-order valence-electron chi connectivity index (χ4n) is 2.28. The Morgan fingerprint density at radius 1 is 1.55 bits per heavy atom. The highest BCUT2D eigenvalue weighted by Gasteiger charge is 2.31. The second-order valence-corrected chi connectivity index (χ2v) is 7.50. The van der Waals surface area contributed by atoms with Gasteiger partial charge in [0.15, 0.2) is 10.8 Å². The van der Waals surface area contributed by atoms with Crippen LogP contribution in [0.2, 0.25) is 0 Å². The third-order valence-electron chi connectivity index (χ3n) is 3.54. The molecule has 0 aromatic carbocycles. The Morgan fingerprint density at radius 2 is 2.41 bits per heavy atom. The van der Waals surface area contributed by atoms with Crippen molar-refractivity contribution in [1.29, 1.82) is 0 Å².